The molecule has 16 heavy (non-hydrogen) atoms. The van der Waals surface area contributed by atoms with Gasteiger partial charge < -0.3 is 10.1 Å². The molecule has 2 N–H and O–H groups in total. The molecule has 0 bridgehead atoms. The summed E-state index contributed by atoms with van der Waals surface area (Å²) in [6.07, 6.45) is 5.38. The zero-order chi connectivity index (χ0) is 12.0. The van der Waals surface area contributed by atoms with Crippen molar-refractivity contribution in [1.82, 2.24) is 9.29 Å². The molecule has 0 aromatic carbocycles. The van der Waals surface area contributed by atoms with E-state index in [9.17, 15) is 8.42 Å². The van der Waals surface area contributed by atoms with Crippen LogP contribution in [0.4, 0.5) is 0 Å². The quantitative estimate of drug-likeness (QED) is 0.699. The Bertz CT molecular complexity index is 386. The van der Waals surface area contributed by atoms with Gasteiger partial charge in [-0.1, -0.05) is 0 Å². The van der Waals surface area contributed by atoms with Crippen molar-refractivity contribution in [2.75, 3.05) is 20.2 Å². The van der Waals surface area contributed by atoms with Gasteiger partial charge in [0.15, 0.2) is 0 Å². The normalized spacial score (nSPS) is 12.2. The minimum atomic E-state index is -3.34. The number of H-pyrrole nitrogens is 1. The van der Waals surface area contributed by atoms with E-state index in [-0.39, 0.29) is 11.5 Å². The summed E-state index contributed by atoms with van der Waals surface area (Å²) in [5.74, 6) is 0. The van der Waals surface area contributed by atoms with Crippen molar-refractivity contribution < 1.29 is 13.5 Å². The molecular formula is C10H18N2O3S. The maximum absolute atomic E-state index is 11.9. The Labute approximate surface area is 96.1 Å². The molecule has 0 aliphatic rings. The summed E-state index contributed by atoms with van der Waals surface area (Å²) < 4.78 is 25.2. The van der Waals surface area contributed by atoms with Gasteiger partial charge in [-0.25, -0.2) is 12.7 Å². The second-order valence-corrected chi connectivity index (χ2v) is 5.70. The molecular weight excluding hydrogens is 228 g/mol. The van der Waals surface area contributed by atoms with Crippen LogP contribution in [0.3, 0.4) is 0 Å². The lowest BCUT2D eigenvalue weighted by atomic mass is 10.2. The molecule has 6 heteroatoms. The molecule has 0 spiro atoms. The van der Waals surface area contributed by atoms with Gasteiger partial charge in [-0.3, -0.25) is 0 Å². The van der Waals surface area contributed by atoms with Crippen molar-refractivity contribution in [3.63, 3.8) is 0 Å². The predicted molar refractivity (Wildman–Crippen MR) is 61.5 cm³/mol. The number of aliphatic hydroxyl groups excluding tert-OH is 1. The van der Waals surface area contributed by atoms with E-state index in [4.69, 9.17) is 5.11 Å². The first-order chi connectivity index (χ1) is 7.59. The van der Waals surface area contributed by atoms with Crippen LogP contribution in [-0.4, -0.2) is 43.0 Å². The van der Waals surface area contributed by atoms with Crippen LogP contribution in [0.1, 0.15) is 19.3 Å². The molecule has 0 radical (unpaired) electrons. The minimum Gasteiger partial charge on any atom is -0.396 e. The lowest BCUT2D eigenvalue weighted by Gasteiger charge is -2.15. The second-order valence-electron chi connectivity index (χ2n) is 3.66. The highest BCUT2D eigenvalue weighted by Crippen LogP contribution is 2.13. The van der Waals surface area contributed by atoms with E-state index >= 15 is 0 Å². The third kappa shape index (κ3) is 3.33. The highest BCUT2D eigenvalue weighted by atomic mass is 32.2. The van der Waals surface area contributed by atoms with E-state index in [1.165, 1.54) is 10.5 Å². The Morgan fingerprint density at radius 3 is 2.69 bits per heavy atom. The fourth-order valence-corrected chi connectivity index (χ4v) is 2.58. The molecule has 0 aliphatic carbocycles. The van der Waals surface area contributed by atoms with Crippen LogP contribution in [0.15, 0.2) is 23.4 Å². The van der Waals surface area contributed by atoms with E-state index in [1.54, 1.807) is 19.3 Å². The summed E-state index contributed by atoms with van der Waals surface area (Å²) in [6, 6.07) is 1.54. The summed E-state index contributed by atoms with van der Waals surface area (Å²) in [6.45, 7) is 0.641. The standard InChI is InChI=1S/C10H18N2O3S/c1-12(7-3-2-4-8-13)16(14,15)10-5-6-11-9-10/h5-6,9,11,13H,2-4,7-8H2,1H3. The van der Waals surface area contributed by atoms with Crippen molar-refractivity contribution in [1.29, 1.82) is 0 Å². The van der Waals surface area contributed by atoms with E-state index in [0.29, 0.717) is 6.54 Å². The van der Waals surface area contributed by atoms with Crippen LogP contribution in [0.25, 0.3) is 0 Å². The number of aromatic nitrogens is 1. The number of hydrogen-bond donors (Lipinski definition) is 2. The van der Waals surface area contributed by atoms with Crippen molar-refractivity contribution >= 4 is 10.0 Å². The summed E-state index contributed by atoms with van der Waals surface area (Å²) in [5.41, 5.74) is 0. The molecule has 0 amide bonds. The lowest BCUT2D eigenvalue weighted by Crippen LogP contribution is -2.27. The molecule has 1 rings (SSSR count). The fourth-order valence-electron chi connectivity index (χ4n) is 1.39. The predicted octanol–water partition coefficient (Wildman–Crippen LogP) is 0.798. The number of unbranched alkanes of at least 4 members (excludes halogenated alkanes) is 2. The molecule has 0 saturated carbocycles. The summed E-state index contributed by atoms with van der Waals surface area (Å²) in [4.78, 5) is 3.02. The van der Waals surface area contributed by atoms with Gasteiger partial charge in [0.1, 0.15) is 0 Å². The molecule has 0 fully saturated rings. The Balaban J connectivity index is 2.50. The average Bonchev–Trinajstić information content (AvgIpc) is 2.77. The Morgan fingerprint density at radius 2 is 2.12 bits per heavy atom. The van der Waals surface area contributed by atoms with Crippen LogP contribution in [0.5, 0.6) is 0 Å². The summed E-state index contributed by atoms with van der Waals surface area (Å²) >= 11 is 0. The molecule has 0 saturated heterocycles. The third-order valence-corrected chi connectivity index (χ3v) is 4.26. The highest BCUT2D eigenvalue weighted by molar-refractivity contribution is 7.89. The highest BCUT2D eigenvalue weighted by Gasteiger charge is 2.20. The number of hydrogen-bond acceptors (Lipinski definition) is 3. The first-order valence-electron chi connectivity index (χ1n) is 5.29. The topological polar surface area (TPSA) is 73.4 Å². The maximum atomic E-state index is 11.9. The second kappa shape index (κ2) is 6.03. The van der Waals surface area contributed by atoms with Gasteiger partial charge in [0.05, 0.1) is 4.90 Å². The molecule has 92 valence electrons. The molecule has 0 atom stereocenters. The first-order valence-corrected chi connectivity index (χ1v) is 6.73. The zero-order valence-corrected chi connectivity index (χ0v) is 10.2. The molecule has 1 aromatic heterocycles. The van der Waals surface area contributed by atoms with E-state index < -0.39 is 10.0 Å². The maximum Gasteiger partial charge on any atom is 0.244 e. The van der Waals surface area contributed by atoms with Crippen molar-refractivity contribution in [3.05, 3.63) is 18.5 Å². The van der Waals surface area contributed by atoms with Crippen LogP contribution in [-0.2, 0) is 10.0 Å². The van der Waals surface area contributed by atoms with Crippen LogP contribution >= 0.6 is 0 Å². The largest absolute Gasteiger partial charge is 0.396 e. The average molecular weight is 246 g/mol. The van der Waals surface area contributed by atoms with E-state index in [1.807, 2.05) is 0 Å². The Hall–Kier alpha value is -0.850. The van der Waals surface area contributed by atoms with Crippen LogP contribution in [0, 0.1) is 0 Å². The summed E-state index contributed by atoms with van der Waals surface area (Å²) in [7, 11) is -1.77. The Morgan fingerprint density at radius 1 is 1.38 bits per heavy atom. The molecule has 5 nitrogen and oxygen atoms in total. The van der Waals surface area contributed by atoms with Gasteiger partial charge in [-0.2, -0.15) is 0 Å². The van der Waals surface area contributed by atoms with Crippen LogP contribution in [0.2, 0.25) is 0 Å². The lowest BCUT2D eigenvalue weighted by molar-refractivity contribution is 0.281. The monoisotopic (exact) mass is 246 g/mol. The van der Waals surface area contributed by atoms with Gasteiger partial charge in [-0.15, -0.1) is 0 Å². The van der Waals surface area contributed by atoms with Crippen molar-refractivity contribution in [2.24, 2.45) is 0 Å². The zero-order valence-electron chi connectivity index (χ0n) is 9.39. The number of sulfonamides is 1. The van der Waals surface area contributed by atoms with E-state index in [2.05, 4.69) is 4.98 Å². The van der Waals surface area contributed by atoms with Crippen molar-refractivity contribution in [2.45, 2.75) is 24.2 Å². The number of nitrogens with zero attached hydrogens (tertiary/aromatic N) is 1. The minimum absolute atomic E-state index is 0.161. The van der Waals surface area contributed by atoms with Crippen LogP contribution < -0.4 is 0 Å². The smallest absolute Gasteiger partial charge is 0.244 e. The molecule has 1 aromatic rings. The summed E-state index contributed by atoms with van der Waals surface area (Å²) in [5, 5.41) is 8.61. The van der Waals surface area contributed by atoms with Gasteiger partial charge in [-0.05, 0) is 25.3 Å². The Kier molecular flexibility index (Phi) is 4.98. The third-order valence-electron chi connectivity index (χ3n) is 2.41. The van der Waals surface area contributed by atoms with Gasteiger partial charge in [0, 0.05) is 32.6 Å². The number of aromatic amines is 1. The molecule has 0 unspecified atom stereocenters. The number of aliphatic hydroxyl groups is 1. The van der Waals surface area contributed by atoms with Gasteiger partial charge in [0.25, 0.3) is 0 Å². The van der Waals surface area contributed by atoms with Gasteiger partial charge in [0.2, 0.25) is 10.0 Å². The fraction of sp³-hybridized carbons (Fsp3) is 0.600. The number of nitrogens with one attached hydrogen (secondary N) is 1. The number of rotatable bonds is 7. The van der Waals surface area contributed by atoms with E-state index in [0.717, 1.165) is 19.3 Å². The molecule has 1 heterocycles. The molecule has 0 aliphatic heterocycles. The van der Waals surface area contributed by atoms with Crippen molar-refractivity contribution in [3.8, 4) is 0 Å². The SMILES string of the molecule is CN(CCCCCO)S(=O)(=O)c1cc[nH]c1. The van der Waals surface area contributed by atoms with Gasteiger partial charge >= 0.3 is 0 Å². The first kappa shape index (κ1) is 13.2.